The van der Waals surface area contributed by atoms with E-state index in [4.69, 9.17) is 4.74 Å². The summed E-state index contributed by atoms with van der Waals surface area (Å²) in [6, 6.07) is 8.00. The van der Waals surface area contributed by atoms with Gasteiger partial charge in [0.1, 0.15) is 5.75 Å². The van der Waals surface area contributed by atoms with Gasteiger partial charge in [-0.3, -0.25) is 9.69 Å². The number of hydrogen-bond acceptors (Lipinski definition) is 3. The molecule has 0 saturated carbocycles. The summed E-state index contributed by atoms with van der Waals surface area (Å²) in [6.07, 6.45) is 4.87. The topological polar surface area (TPSA) is 29.5 Å². The first-order valence-electron chi connectivity index (χ1n) is 7.92. The molecule has 1 fully saturated rings. The second-order valence-corrected chi connectivity index (χ2v) is 5.48. The van der Waals surface area contributed by atoms with Crippen molar-refractivity contribution in [3.8, 4) is 5.75 Å². The van der Waals surface area contributed by atoms with Gasteiger partial charge in [-0.2, -0.15) is 0 Å². The summed E-state index contributed by atoms with van der Waals surface area (Å²) in [7, 11) is 0. The lowest BCUT2D eigenvalue weighted by Crippen LogP contribution is -2.35. The maximum atomic E-state index is 12.0. The molecular formula is C18H25NO2. The second kappa shape index (κ2) is 7.99. The number of Topliss-reactive ketones (excluding diaryl/α,β-unsaturated/α-hetero) is 1. The number of benzene rings is 1. The highest BCUT2D eigenvalue weighted by molar-refractivity contribution is 6.00. The fourth-order valence-electron chi connectivity index (χ4n) is 2.42. The number of likely N-dealkylation sites (tertiary alicyclic amines) is 1. The molecule has 3 nitrogen and oxygen atoms in total. The number of likely N-dealkylation sites (N-methyl/N-ethyl adjacent to an activating group) is 1. The minimum absolute atomic E-state index is 0.281. The molecule has 114 valence electrons. The van der Waals surface area contributed by atoms with Crippen LogP contribution in [0.2, 0.25) is 0 Å². The zero-order valence-corrected chi connectivity index (χ0v) is 13.1. The van der Waals surface area contributed by atoms with Crippen molar-refractivity contribution in [2.45, 2.75) is 33.1 Å². The first kappa shape index (κ1) is 15.8. The van der Waals surface area contributed by atoms with Crippen LogP contribution in [0.25, 0.3) is 6.08 Å². The Bertz CT molecular complexity index is 490. The van der Waals surface area contributed by atoms with Crippen LogP contribution >= 0.6 is 0 Å². The van der Waals surface area contributed by atoms with Crippen molar-refractivity contribution >= 4 is 11.9 Å². The highest BCUT2D eigenvalue weighted by atomic mass is 16.5. The van der Waals surface area contributed by atoms with Gasteiger partial charge in [-0.1, -0.05) is 32.4 Å². The van der Waals surface area contributed by atoms with E-state index in [1.807, 2.05) is 30.3 Å². The summed E-state index contributed by atoms with van der Waals surface area (Å²) in [6.45, 7) is 7.70. The third-order valence-corrected chi connectivity index (χ3v) is 3.84. The van der Waals surface area contributed by atoms with Crippen LogP contribution < -0.4 is 4.74 Å². The zero-order chi connectivity index (χ0) is 15.1. The molecular weight excluding hydrogens is 262 g/mol. The lowest BCUT2D eigenvalue weighted by Gasteiger charge is -2.26. The van der Waals surface area contributed by atoms with Crippen LogP contribution in [0, 0.1) is 0 Å². The molecule has 0 aromatic heterocycles. The Hall–Kier alpha value is -1.61. The Balaban J connectivity index is 2.00. The van der Waals surface area contributed by atoms with Crippen LogP contribution in [0.3, 0.4) is 0 Å². The summed E-state index contributed by atoms with van der Waals surface area (Å²) in [5.41, 5.74) is 1.99. The van der Waals surface area contributed by atoms with Gasteiger partial charge in [0, 0.05) is 25.1 Å². The standard InChI is InChI=1S/C18H25NO2/c1-3-5-12-21-17-8-6-15(7-9-17)13-16-14-19(4-2)11-10-18(16)20/h6-9,13H,3-5,10-12,14H2,1-2H3/b16-13+. The van der Waals surface area contributed by atoms with Crippen LogP contribution in [0.4, 0.5) is 0 Å². The first-order chi connectivity index (χ1) is 10.2. The maximum Gasteiger partial charge on any atom is 0.161 e. The molecule has 1 aliphatic heterocycles. The van der Waals surface area contributed by atoms with Crippen molar-refractivity contribution in [2.24, 2.45) is 0 Å². The number of carbonyl (C=O) groups is 1. The smallest absolute Gasteiger partial charge is 0.161 e. The quantitative estimate of drug-likeness (QED) is 0.592. The molecule has 1 aromatic carbocycles. The van der Waals surface area contributed by atoms with E-state index in [1.165, 1.54) is 0 Å². The molecule has 0 aliphatic carbocycles. The number of unbranched alkanes of at least 4 members (excludes halogenated alkanes) is 1. The number of ketones is 1. The Morgan fingerprint density at radius 1 is 1.24 bits per heavy atom. The molecule has 0 spiro atoms. The van der Waals surface area contributed by atoms with Gasteiger partial charge in [-0.15, -0.1) is 0 Å². The molecule has 1 heterocycles. The molecule has 0 unspecified atom stereocenters. The van der Waals surface area contributed by atoms with E-state index < -0.39 is 0 Å². The first-order valence-corrected chi connectivity index (χ1v) is 7.92. The summed E-state index contributed by atoms with van der Waals surface area (Å²) in [4.78, 5) is 14.3. The molecule has 1 aromatic rings. The van der Waals surface area contributed by atoms with Crippen LogP contribution in [0.15, 0.2) is 29.8 Å². The van der Waals surface area contributed by atoms with E-state index in [0.29, 0.717) is 6.42 Å². The number of carbonyl (C=O) groups excluding carboxylic acids is 1. The molecule has 0 bridgehead atoms. The van der Waals surface area contributed by atoms with Gasteiger partial charge in [-0.05, 0) is 36.7 Å². The van der Waals surface area contributed by atoms with E-state index in [1.54, 1.807) is 0 Å². The van der Waals surface area contributed by atoms with Gasteiger partial charge < -0.3 is 4.74 Å². The van der Waals surface area contributed by atoms with Crippen LogP contribution in [0.5, 0.6) is 5.75 Å². The summed E-state index contributed by atoms with van der Waals surface area (Å²) < 4.78 is 5.65. The largest absolute Gasteiger partial charge is 0.494 e. The number of ether oxygens (including phenoxy) is 1. The molecule has 1 aliphatic rings. The second-order valence-electron chi connectivity index (χ2n) is 5.48. The van der Waals surface area contributed by atoms with E-state index in [9.17, 15) is 4.79 Å². The van der Waals surface area contributed by atoms with E-state index >= 15 is 0 Å². The molecule has 2 rings (SSSR count). The zero-order valence-electron chi connectivity index (χ0n) is 13.1. The minimum Gasteiger partial charge on any atom is -0.494 e. The van der Waals surface area contributed by atoms with Gasteiger partial charge in [-0.25, -0.2) is 0 Å². The lowest BCUT2D eigenvalue weighted by molar-refractivity contribution is -0.117. The molecule has 21 heavy (non-hydrogen) atoms. The number of nitrogens with zero attached hydrogens (tertiary/aromatic N) is 1. The van der Waals surface area contributed by atoms with E-state index in [-0.39, 0.29) is 5.78 Å². The summed E-state index contributed by atoms with van der Waals surface area (Å²) in [5, 5.41) is 0. The van der Waals surface area contributed by atoms with E-state index in [2.05, 4.69) is 18.7 Å². The third-order valence-electron chi connectivity index (χ3n) is 3.84. The Morgan fingerprint density at radius 2 is 2.00 bits per heavy atom. The molecule has 1 saturated heterocycles. The molecule has 3 heteroatoms. The van der Waals surface area contributed by atoms with Crippen LogP contribution in [0.1, 0.15) is 38.7 Å². The van der Waals surface area contributed by atoms with Crippen molar-refractivity contribution < 1.29 is 9.53 Å². The SMILES string of the molecule is CCCCOc1ccc(/C=C2\CN(CC)CCC2=O)cc1. The Labute approximate surface area is 127 Å². The third kappa shape index (κ3) is 4.71. The molecule has 0 N–H and O–H groups in total. The van der Waals surface area contributed by atoms with Gasteiger partial charge in [0.05, 0.1) is 6.61 Å². The fourth-order valence-corrected chi connectivity index (χ4v) is 2.42. The average molecular weight is 287 g/mol. The van der Waals surface area contributed by atoms with Crippen molar-refractivity contribution in [3.63, 3.8) is 0 Å². The highest BCUT2D eigenvalue weighted by Gasteiger charge is 2.19. The van der Waals surface area contributed by atoms with Crippen LogP contribution in [-0.4, -0.2) is 36.9 Å². The average Bonchev–Trinajstić information content (AvgIpc) is 2.51. The van der Waals surface area contributed by atoms with Gasteiger partial charge in [0.15, 0.2) is 5.78 Å². The fraction of sp³-hybridized carbons (Fsp3) is 0.500. The van der Waals surface area contributed by atoms with Crippen LogP contribution in [-0.2, 0) is 4.79 Å². The van der Waals surface area contributed by atoms with Gasteiger partial charge >= 0.3 is 0 Å². The molecule has 0 amide bonds. The van der Waals surface area contributed by atoms with Gasteiger partial charge in [0.25, 0.3) is 0 Å². The van der Waals surface area contributed by atoms with Crippen molar-refractivity contribution in [3.05, 3.63) is 35.4 Å². The predicted molar refractivity (Wildman–Crippen MR) is 86.6 cm³/mol. The predicted octanol–water partition coefficient (Wildman–Crippen LogP) is 3.54. The van der Waals surface area contributed by atoms with E-state index in [0.717, 1.165) is 56.0 Å². The van der Waals surface area contributed by atoms with Crippen molar-refractivity contribution in [2.75, 3.05) is 26.2 Å². The number of rotatable bonds is 6. The monoisotopic (exact) mass is 287 g/mol. The highest BCUT2D eigenvalue weighted by Crippen LogP contribution is 2.18. The lowest BCUT2D eigenvalue weighted by atomic mass is 10.0. The minimum atomic E-state index is 0.281. The summed E-state index contributed by atoms with van der Waals surface area (Å²) in [5.74, 6) is 1.18. The maximum absolute atomic E-state index is 12.0. The Morgan fingerprint density at radius 3 is 2.67 bits per heavy atom. The van der Waals surface area contributed by atoms with Gasteiger partial charge in [0.2, 0.25) is 0 Å². The normalized spacial score (nSPS) is 18.2. The number of hydrogen-bond donors (Lipinski definition) is 0. The molecule has 0 atom stereocenters. The van der Waals surface area contributed by atoms with Crippen molar-refractivity contribution in [1.82, 2.24) is 4.90 Å². The Kier molecular flexibility index (Phi) is 6.00. The number of piperidine rings is 1. The molecule has 0 radical (unpaired) electrons. The summed E-state index contributed by atoms with van der Waals surface area (Å²) >= 11 is 0. The van der Waals surface area contributed by atoms with Crippen molar-refractivity contribution in [1.29, 1.82) is 0 Å².